The summed E-state index contributed by atoms with van der Waals surface area (Å²) in [5, 5.41) is 2.76. The summed E-state index contributed by atoms with van der Waals surface area (Å²) in [7, 11) is 1.62. The smallest absolute Gasteiger partial charge is 0.242 e. The molecule has 3 rings (SSSR count). The van der Waals surface area contributed by atoms with E-state index in [0.29, 0.717) is 13.0 Å². The minimum absolute atomic E-state index is 0.0571. The Morgan fingerprint density at radius 3 is 1.90 bits per heavy atom. The first kappa shape index (κ1) is 22.3. The molecule has 0 aliphatic rings. The molecule has 0 aliphatic heterocycles. The summed E-state index contributed by atoms with van der Waals surface area (Å²) in [5.41, 5.74) is 5.25. The molecule has 1 N–H and O–H groups in total. The number of hydrogen-bond acceptors (Lipinski definition) is 2. The van der Waals surface area contributed by atoms with E-state index in [-0.39, 0.29) is 18.2 Å². The van der Waals surface area contributed by atoms with E-state index >= 15 is 0 Å². The lowest BCUT2D eigenvalue weighted by Gasteiger charge is -2.31. The van der Waals surface area contributed by atoms with Gasteiger partial charge in [-0.1, -0.05) is 90.0 Å². The van der Waals surface area contributed by atoms with Crippen molar-refractivity contribution in [2.24, 2.45) is 0 Å². The van der Waals surface area contributed by atoms with Gasteiger partial charge in [-0.15, -0.1) is 0 Å². The Balaban J connectivity index is 1.93. The van der Waals surface area contributed by atoms with Crippen molar-refractivity contribution < 1.29 is 9.59 Å². The highest BCUT2D eigenvalue weighted by Gasteiger charge is 2.29. The molecular formula is C27H30N2O2. The van der Waals surface area contributed by atoms with Gasteiger partial charge in [-0.2, -0.15) is 0 Å². The molecule has 0 aliphatic carbocycles. The molecule has 2 amide bonds. The Morgan fingerprint density at radius 2 is 1.35 bits per heavy atom. The van der Waals surface area contributed by atoms with Crippen LogP contribution in [0.1, 0.15) is 27.8 Å². The van der Waals surface area contributed by atoms with Gasteiger partial charge in [0.2, 0.25) is 11.8 Å². The molecule has 3 aromatic rings. The molecule has 31 heavy (non-hydrogen) atoms. The van der Waals surface area contributed by atoms with Crippen LogP contribution in [0.3, 0.4) is 0 Å². The van der Waals surface area contributed by atoms with Crippen molar-refractivity contribution in [1.82, 2.24) is 10.2 Å². The number of benzene rings is 3. The van der Waals surface area contributed by atoms with Crippen LogP contribution in [0, 0.1) is 13.8 Å². The maximum absolute atomic E-state index is 13.5. The van der Waals surface area contributed by atoms with Gasteiger partial charge in [0, 0.05) is 20.0 Å². The van der Waals surface area contributed by atoms with Gasteiger partial charge >= 0.3 is 0 Å². The minimum atomic E-state index is -0.592. The number of likely N-dealkylation sites (N-methyl/N-ethyl adjacent to an activating group) is 1. The van der Waals surface area contributed by atoms with E-state index in [2.05, 4.69) is 11.4 Å². The summed E-state index contributed by atoms with van der Waals surface area (Å²) in [5.74, 6) is -0.216. The van der Waals surface area contributed by atoms with Crippen LogP contribution in [0.5, 0.6) is 0 Å². The summed E-state index contributed by atoms with van der Waals surface area (Å²) in [4.78, 5) is 28.2. The second kappa shape index (κ2) is 10.6. The van der Waals surface area contributed by atoms with Crippen LogP contribution in [0.15, 0.2) is 78.9 Å². The van der Waals surface area contributed by atoms with Crippen molar-refractivity contribution in [1.29, 1.82) is 0 Å². The molecule has 0 heterocycles. The third-order valence-corrected chi connectivity index (χ3v) is 5.35. The molecule has 0 aromatic heterocycles. The van der Waals surface area contributed by atoms with Crippen LogP contribution in [-0.4, -0.2) is 29.8 Å². The number of carbonyl (C=O) groups excluding carboxylic acids is 2. The fourth-order valence-corrected chi connectivity index (χ4v) is 3.95. The highest BCUT2D eigenvalue weighted by Crippen LogP contribution is 2.17. The van der Waals surface area contributed by atoms with Crippen molar-refractivity contribution in [3.63, 3.8) is 0 Å². The molecule has 0 spiro atoms. The van der Waals surface area contributed by atoms with Crippen molar-refractivity contribution >= 4 is 11.8 Å². The zero-order chi connectivity index (χ0) is 22.2. The minimum Gasteiger partial charge on any atom is -0.357 e. The average molecular weight is 415 g/mol. The number of nitrogens with one attached hydrogen (secondary N) is 1. The molecule has 4 heteroatoms. The predicted octanol–water partition coefficient (Wildman–Crippen LogP) is 4.23. The Bertz CT molecular complexity index is 996. The first-order chi connectivity index (χ1) is 15.0. The summed E-state index contributed by atoms with van der Waals surface area (Å²) >= 11 is 0. The Morgan fingerprint density at radius 1 is 0.806 bits per heavy atom. The molecule has 3 aromatic carbocycles. The van der Waals surface area contributed by atoms with E-state index in [1.165, 1.54) is 0 Å². The fraction of sp³-hybridized carbons (Fsp3) is 0.259. The number of carbonyl (C=O) groups is 2. The van der Waals surface area contributed by atoms with Crippen LogP contribution in [0.2, 0.25) is 0 Å². The van der Waals surface area contributed by atoms with Gasteiger partial charge in [-0.3, -0.25) is 9.59 Å². The van der Waals surface area contributed by atoms with Gasteiger partial charge in [-0.05, 0) is 30.5 Å². The van der Waals surface area contributed by atoms with Gasteiger partial charge in [0.1, 0.15) is 6.04 Å². The Kier molecular flexibility index (Phi) is 7.60. The molecule has 0 radical (unpaired) electrons. The van der Waals surface area contributed by atoms with Crippen molar-refractivity contribution in [3.05, 3.63) is 107 Å². The lowest BCUT2D eigenvalue weighted by molar-refractivity contribution is -0.140. The number of amides is 2. The van der Waals surface area contributed by atoms with Crippen LogP contribution < -0.4 is 5.32 Å². The molecular weight excluding hydrogens is 384 g/mol. The van der Waals surface area contributed by atoms with Crippen molar-refractivity contribution in [3.8, 4) is 0 Å². The predicted molar refractivity (Wildman–Crippen MR) is 125 cm³/mol. The maximum Gasteiger partial charge on any atom is 0.242 e. The summed E-state index contributed by atoms with van der Waals surface area (Å²) < 4.78 is 0. The number of rotatable bonds is 8. The highest BCUT2D eigenvalue weighted by molar-refractivity contribution is 5.88. The van der Waals surface area contributed by atoms with Gasteiger partial charge in [-0.25, -0.2) is 0 Å². The van der Waals surface area contributed by atoms with Gasteiger partial charge in [0.15, 0.2) is 0 Å². The zero-order valence-corrected chi connectivity index (χ0v) is 18.5. The third-order valence-electron chi connectivity index (χ3n) is 5.35. The molecule has 0 saturated carbocycles. The van der Waals surface area contributed by atoms with Crippen LogP contribution in [-0.2, 0) is 29.0 Å². The summed E-state index contributed by atoms with van der Waals surface area (Å²) in [6.45, 7) is 4.45. The topological polar surface area (TPSA) is 49.4 Å². The van der Waals surface area contributed by atoms with Gasteiger partial charge in [0.05, 0.1) is 6.42 Å². The first-order valence-electron chi connectivity index (χ1n) is 10.6. The van der Waals surface area contributed by atoms with E-state index in [1.54, 1.807) is 11.9 Å². The van der Waals surface area contributed by atoms with Crippen LogP contribution in [0.25, 0.3) is 0 Å². The highest BCUT2D eigenvalue weighted by atomic mass is 16.2. The molecule has 0 unspecified atom stereocenters. The summed E-state index contributed by atoms with van der Waals surface area (Å²) in [6.07, 6.45) is 0.726. The van der Waals surface area contributed by atoms with E-state index < -0.39 is 6.04 Å². The largest absolute Gasteiger partial charge is 0.357 e. The van der Waals surface area contributed by atoms with Crippen molar-refractivity contribution in [2.45, 2.75) is 39.3 Å². The normalized spacial score (nSPS) is 11.6. The standard InChI is InChI=1S/C27H30N2O2/c1-20-14-21(2)16-24(15-20)18-26(30)29(19-23-12-8-5-9-13-23)25(27(31)28-3)17-22-10-6-4-7-11-22/h4-16,25H,17-19H2,1-3H3,(H,28,31)/t25-/m0/s1. The Hall–Kier alpha value is -3.40. The van der Waals surface area contributed by atoms with Crippen molar-refractivity contribution in [2.75, 3.05) is 7.05 Å². The van der Waals surface area contributed by atoms with E-state index in [9.17, 15) is 9.59 Å². The van der Waals surface area contributed by atoms with E-state index in [1.807, 2.05) is 86.6 Å². The SMILES string of the molecule is CNC(=O)[C@H](Cc1ccccc1)N(Cc1ccccc1)C(=O)Cc1cc(C)cc(C)c1. The van der Waals surface area contributed by atoms with Gasteiger partial charge < -0.3 is 10.2 Å². The van der Waals surface area contributed by atoms with Crippen LogP contribution in [0.4, 0.5) is 0 Å². The third kappa shape index (κ3) is 6.29. The second-order valence-electron chi connectivity index (χ2n) is 8.00. The molecule has 160 valence electrons. The molecule has 0 bridgehead atoms. The van der Waals surface area contributed by atoms with Gasteiger partial charge in [0.25, 0.3) is 0 Å². The molecule has 1 atom stereocenters. The lowest BCUT2D eigenvalue weighted by Crippen LogP contribution is -2.50. The average Bonchev–Trinajstić information content (AvgIpc) is 2.76. The first-order valence-corrected chi connectivity index (χ1v) is 10.6. The lowest BCUT2D eigenvalue weighted by atomic mass is 10.0. The van der Waals surface area contributed by atoms with E-state index in [4.69, 9.17) is 0 Å². The summed E-state index contributed by atoms with van der Waals surface area (Å²) in [6, 6.07) is 25.2. The quantitative estimate of drug-likeness (QED) is 0.600. The maximum atomic E-state index is 13.5. The zero-order valence-electron chi connectivity index (χ0n) is 18.5. The number of hydrogen-bond donors (Lipinski definition) is 1. The van der Waals surface area contributed by atoms with E-state index in [0.717, 1.165) is 27.8 Å². The Labute approximate surface area is 184 Å². The number of aryl methyl sites for hydroxylation is 2. The second-order valence-corrected chi connectivity index (χ2v) is 8.00. The number of nitrogens with zero attached hydrogens (tertiary/aromatic N) is 1. The molecule has 4 nitrogen and oxygen atoms in total. The van der Waals surface area contributed by atoms with Crippen LogP contribution >= 0.6 is 0 Å². The molecule has 0 saturated heterocycles. The molecule has 0 fully saturated rings. The fourth-order valence-electron chi connectivity index (χ4n) is 3.95. The monoisotopic (exact) mass is 414 g/mol.